The number of nitrogens with one attached hydrogen (secondary N) is 1. The summed E-state index contributed by atoms with van der Waals surface area (Å²) in [4.78, 5) is 45.9. The maximum absolute atomic E-state index is 12.0. The minimum Gasteiger partial charge on any atom is -0.493 e. The fraction of sp³-hybridized carbons (Fsp3) is 0.412. The molecule has 0 saturated heterocycles. The van der Waals surface area contributed by atoms with Crippen molar-refractivity contribution >= 4 is 23.7 Å². The Labute approximate surface area is 150 Å². The van der Waals surface area contributed by atoms with Crippen LogP contribution in [0.2, 0.25) is 0 Å². The number of carbonyl (C=O) groups is 4. The van der Waals surface area contributed by atoms with Gasteiger partial charge in [0.2, 0.25) is 0 Å². The Morgan fingerprint density at radius 1 is 1.15 bits per heavy atom. The number of primary amides is 1. The molecule has 1 atom stereocenters. The van der Waals surface area contributed by atoms with Crippen molar-refractivity contribution in [2.45, 2.75) is 26.9 Å². The highest BCUT2D eigenvalue weighted by molar-refractivity contribution is 5.97. The summed E-state index contributed by atoms with van der Waals surface area (Å²) in [6, 6.07) is 3.47. The third-order valence-corrected chi connectivity index (χ3v) is 3.28. The molecule has 0 spiro atoms. The number of benzene rings is 1. The zero-order chi connectivity index (χ0) is 19.9. The number of rotatable bonds is 8. The standard InChI is InChI=1S/C17H22N2O7/c1-9(2)15(16(22)19-17(18)23)26-14(21)8-25-12-6-5-11(10(3)20)7-13(12)24-4/h5-7,9,15H,8H2,1-4H3,(H3,18,19,22,23)/t15-/m0/s1. The van der Waals surface area contributed by atoms with E-state index in [4.69, 9.17) is 19.9 Å². The van der Waals surface area contributed by atoms with Gasteiger partial charge in [-0.3, -0.25) is 14.9 Å². The van der Waals surface area contributed by atoms with Gasteiger partial charge in [-0.25, -0.2) is 9.59 Å². The first-order valence-corrected chi connectivity index (χ1v) is 7.77. The predicted molar refractivity (Wildman–Crippen MR) is 90.9 cm³/mol. The van der Waals surface area contributed by atoms with E-state index in [1.165, 1.54) is 32.2 Å². The van der Waals surface area contributed by atoms with Crippen molar-refractivity contribution in [3.8, 4) is 11.5 Å². The molecule has 3 N–H and O–H groups in total. The number of ketones is 1. The Morgan fingerprint density at radius 3 is 2.31 bits per heavy atom. The van der Waals surface area contributed by atoms with Crippen molar-refractivity contribution in [1.82, 2.24) is 5.32 Å². The minimum absolute atomic E-state index is 0.144. The summed E-state index contributed by atoms with van der Waals surface area (Å²) in [5, 5.41) is 1.87. The summed E-state index contributed by atoms with van der Waals surface area (Å²) >= 11 is 0. The second kappa shape index (κ2) is 9.40. The third kappa shape index (κ3) is 6.08. The quantitative estimate of drug-likeness (QED) is 0.518. The summed E-state index contributed by atoms with van der Waals surface area (Å²) in [5.41, 5.74) is 5.32. The average molecular weight is 366 g/mol. The molecule has 3 amide bonds. The number of imide groups is 1. The van der Waals surface area contributed by atoms with Crippen LogP contribution in [0.1, 0.15) is 31.1 Å². The second-order valence-electron chi connectivity index (χ2n) is 5.72. The molecule has 0 radical (unpaired) electrons. The van der Waals surface area contributed by atoms with Crippen molar-refractivity contribution < 1.29 is 33.4 Å². The molecule has 0 unspecified atom stereocenters. The number of esters is 1. The summed E-state index contributed by atoms with van der Waals surface area (Å²) in [7, 11) is 1.40. The van der Waals surface area contributed by atoms with Crippen LogP contribution in [0.4, 0.5) is 4.79 Å². The Balaban J connectivity index is 2.74. The zero-order valence-electron chi connectivity index (χ0n) is 15.0. The average Bonchev–Trinajstić information content (AvgIpc) is 2.56. The molecule has 9 heteroatoms. The lowest BCUT2D eigenvalue weighted by Crippen LogP contribution is -2.46. The van der Waals surface area contributed by atoms with Crippen LogP contribution < -0.4 is 20.5 Å². The largest absolute Gasteiger partial charge is 0.493 e. The fourth-order valence-electron chi connectivity index (χ4n) is 2.00. The van der Waals surface area contributed by atoms with Gasteiger partial charge in [-0.15, -0.1) is 0 Å². The van der Waals surface area contributed by atoms with E-state index in [-0.39, 0.29) is 23.2 Å². The first-order valence-electron chi connectivity index (χ1n) is 7.77. The Hall–Kier alpha value is -3.10. The van der Waals surface area contributed by atoms with E-state index < -0.39 is 30.6 Å². The van der Waals surface area contributed by atoms with Crippen molar-refractivity contribution in [2.75, 3.05) is 13.7 Å². The van der Waals surface area contributed by atoms with Gasteiger partial charge in [0.15, 0.2) is 30.0 Å². The van der Waals surface area contributed by atoms with Crippen LogP contribution in [0, 0.1) is 5.92 Å². The van der Waals surface area contributed by atoms with Gasteiger partial charge in [0, 0.05) is 5.56 Å². The minimum atomic E-state index is -1.19. The lowest BCUT2D eigenvalue weighted by molar-refractivity contribution is -0.160. The number of hydrogen-bond acceptors (Lipinski definition) is 7. The molecule has 0 bridgehead atoms. The van der Waals surface area contributed by atoms with E-state index >= 15 is 0 Å². The molecule has 0 aliphatic rings. The normalized spacial score (nSPS) is 11.4. The van der Waals surface area contributed by atoms with Crippen molar-refractivity contribution in [3.63, 3.8) is 0 Å². The maximum Gasteiger partial charge on any atom is 0.344 e. The summed E-state index contributed by atoms with van der Waals surface area (Å²) in [6.07, 6.45) is -1.19. The van der Waals surface area contributed by atoms with Gasteiger partial charge in [-0.2, -0.15) is 0 Å². The van der Waals surface area contributed by atoms with E-state index in [1.54, 1.807) is 13.8 Å². The first kappa shape index (κ1) is 20.9. The van der Waals surface area contributed by atoms with Gasteiger partial charge < -0.3 is 19.9 Å². The molecule has 1 rings (SSSR count). The number of Topliss-reactive ketones (excluding diaryl/α,β-unsaturated/α-hetero) is 1. The van der Waals surface area contributed by atoms with Gasteiger partial charge in [-0.1, -0.05) is 13.8 Å². The van der Waals surface area contributed by atoms with Crippen LogP contribution in [-0.2, 0) is 14.3 Å². The molecule has 0 aromatic heterocycles. The molecule has 0 aliphatic carbocycles. The number of ether oxygens (including phenoxy) is 3. The van der Waals surface area contributed by atoms with E-state index in [0.29, 0.717) is 5.56 Å². The first-order chi connectivity index (χ1) is 12.1. The highest BCUT2D eigenvalue weighted by atomic mass is 16.6. The van der Waals surface area contributed by atoms with Gasteiger partial charge in [-0.05, 0) is 31.0 Å². The zero-order valence-corrected chi connectivity index (χ0v) is 15.0. The van der Waals surface area contributed by atoms with Gasteiger partial charge >= 0.3 is 12.0 Å². The fourth-order valence-corrected chi connectivity index (χ4v) is 2.00. The van der Waals surface area contributed by atoms with Crippen molar-refractivity contribution in [1.29, 1.82) is 0 Å². The van der Waals surface area contributed by atoms with Crippen LogP contribution in [0.5, 0.6) is 11.5 Å². The molecular formula is C17H22N2O7. The van der Waals surface area contributed by atoms with E-state index in [9.17, 15) is 19.2 Å². The van der Waals surface area contributed by atoms with Gasteiger partial charge in [0.1, 0.15) is 0 Å². The number of carbonyl (C=O) groups excluding carboxylic acids is 4. The SMILES string of the molecule is COc1cc(C(C)=O)ccc1OCC(=O)O[C@H](C(=O)NC(N)=O)C(C)C. The molecule has 1 aromatic rings. The lowest BCUT2D eigenvalue weighted by atomic mass is 10.1. The summed E-state index contributed by atoms with van der Waals surface area (Å²) in [5.74, 6) is -1.66. The summed E-state index contributed by atoms with van der Waals surface area (Å²) in [6.45, 7) is 4.20. The molecule has 9 nitrogen and oxygen atoms in total. The molecule has 142 valence electrons. The van der Waals surface area contributed by atoms with Gasteiger partial charge in [0.05, 0.1) is 7.11 Å². The third-order valence-electron chi connectivity index (χ3n) is 3.28. The topological polar surface area (TPSA) is 134 Å². The van der Waals surface area contributed by atoms with E-state index in [2.05, 4.69) is 0 Å². The molecule has 0 heterocycles. The molecule has 0 fully saturated rings. The molecular weight excluding hydrogens is 344 g/mol. The van der Waals surface area contributed by atoms with Crippen molar-refractivity contribution in [2.24, 2.45) is 11.7 Å². The number of nitrogens with two attached hydrogens (primary N) is 1. The molecule has 0 saturated carbocycles. The smallest absolute Gasteiger partial charge is 0.344 e. The molecule has 1 aromatic carbocycles. The number of hydrogen-bond donors (Lipinski definition) is 2. The lowest BCUT2D eigenvalue weighted by Gasteiger charge is -2.20. The monoisotopic (exact) mass is 366 g/mol. The second-order valence-corrected chi connectivity index (χ2v) is 5.72. The predicted octanol–water partition coefficient (Wildman–Crippen LogP) is 1.04. The van der Waals surface area contributed by atoms with Crippen LogP contribution in [0.3, 0.4) is 0 Å². The summed E-state index contributed by atoms with van der Waals surface area (Å²) < 4.78 is 15.5. The number of methoxy groups -OCH3 is 1. The van der Waals surface area contributed by atoms with E-state index in [0.717, 1.165) is 0 Å². The molecule has 26 heavy (non-hydrogen) atoms. The van der Waals surface area contributed by atoms with Crippen LogP contribution in [0.15, 0.2) is 18.2 Å². The van der Waals surface area contributed by atoms with Crippen LogP contribution in [-0.4, -0.2) is 43.5 Å². The number of urea groups is 1. The van der Waals surface area contributed by atoms with Crippen LogP contribution in [0.25, 0.3) is 0 Å². The maximum atomic E-state index is 12.0. The Morgan fingerprint density at radius 2 is 1.81 bits per heavy atom. The van der Waals surface area contributed by atoms with Crippen molar-refractivity contribution in [3.05, 3.63) is 23.8 Å². The van der Waals surface area contributed by atoms with E-state index in [1.807, 2.05) is 5.32 Å². The van der Waals surface area contributed by atoms with Crippen LogP contribution >= 0.6 is 0 Å². The Bertz CT molecular complexity index is 700. The van der Waals surface area contributed by atoms with Gasteiger partial charge in [0.25, 0.3) is 5.91 Å². The highest BCUT2D eigenvalue weighted by Gasteiger charge is 2.27. The molecule has 0 aliphatic heterocycles. The Kier molecular flexibility index (Phi) is 7.57. The highest BCUT2D eigenvalue weighted by Crippen LogP contribution is 2.28. The number of amides is 3.